The Hall–Kier alpha value is -1.10. The van der Waals surface area contributed by atoms with E-state index in [2.05, 4.69) is 0 Å². The fourth-order valence-corrected chi connectivity index (χ4v) is 1.97. The van der Waals surface area contributed by atoms with Crippen molar-refractivity contribution in [3.63, 3.8) is 0 Å². The molecule has 14 heavy (non-hydrogen) atoms. The SMILES string of the molecule is CN1CC[C@@H](C(=O)O)[C@H](CC(=O)O)C1. The summed E-state index contributed by atoms with van der Waals surface area (Å²) in [6, 6.07) is 0. The Balaban J connectivity index is 2.63. The fourth-order valence-electron chi connectivity index (χ4n) is 1.97. The standard InChI is InChI=1S/C9H15NO4/c1-10-3-2-7(9(13)14)6(5-10)4-8(11)12/h6-7H,2-5H2,1H3,(H,11,12)(H,13,14)/t6-,7-/m1/s1. The zero-order valence-corrected chi connectivity index (χ0v) is 8.14. The lowest BCUT2D eigenvalue weighted by atomic mass is 9.83. The Labute approximate surface area is 82.3 Å². The van der Waals surface area contributed by atoms with Gasteiger partial charge in [0, 0.05) is 6.54 Å². The van der Waals surface area contributed by atoms with Crippen molar-refractivity contribution in [1.82, 2.24) is 4.90 Å². The van der Waals surface area contributed by atoms with Gasteiger partial charge in [0.2, 0.25) is 0 Å². The van der Waals surface area contributed by atoms with E-state index < -0.39 is 17.9 Å². The Morgan fingerprint density at radius 1 is 1.43 bits per heavy atom. The molecule has 80 valence electrons. The van der Waals surface area contributed by atoms with Crippen molar-refractivity contribution < 1.29 is 19.8 Å². The Morgan fingerprint density at radius 3 is 2.57 bits per heavy atom. The van der Waals surface area contributed by atoms with Crippen molar-refractivity contribution in [3.8, 4) is 0 Å². The minimum atomic E-state index is -0.920. The van der Waals surface area contributed by atoms with E-state index in [1.54, 1.807) is 0 Å². The number of nitrogens with zero attached hydrogens (tertiary/aromatic N) is 1. The molecule has 1 aliphatic rings. The molecular formula is C9H15NO4. The summed E-state index contributed by atoms with van der Waals surface area (Å²) >= 11 is 0. The molecule has 1 fully saturated rings. The van der Waals surface area contributed by atoms with Crippen LogP contribution in [0, 0.1) is 11.8 Å². The summed E-state index contributed by atoms with van der Waals surface area (Å²) in [6.45, 7) is 1.29. The van der Waals surface area contributed by atoms with Crippen LogP contribution in [0.4, 0.5) is 0 Å². The van der Waals surface area contributed by atoms with Crippen molar-refractivity contribution >= 4 is 11.9 Å². The van der Waals surface area contributed by atoms with Gasteiger partial charge in [-0.3, -0.25) is 9.59 Å². The number of aliphatic carboxylic acids is 2. The van der Waals surface area contributed by atoms with Gasteiger partial charge in [-0.25, -0.2) is 0 Å². The third-order valence-electron chi connectivity index (χ3n) is 2.69. The maximum atomic E-state index is 10.8. The van der Waals surface area contributed by atoms with Crippen LogP contribution in [0.15, 0.2) is 0 Å². The Morgan fingerprint density at radius 2 is 2.07 bits per heavy atom. The molecule has 0 aliphatic carbocycles. The zero-order valence-electron chi connectivity index (χ0n) is 8.14. The normalized spacial score (nSPS) is 28.6. The first-order valence-corrected chi connectivity index (χ1v) is 4.64. The van der Waals surface area contributed by atoms with E-state index in [-0.39, 0.29) is 12.3 Å². The van der Waals surface area contributed by atoms with Crippen molar-refractivity contribution in [2.75, 3.05) is 20.1 Å². The number of hydrogen-bond acceptors (Lipinski definition) is 3. The maximum Gasteiger partial charge on any atom is 0.306 e. The molecule has 0 aromatic heterocycles. The van der Waals surface area contributed by atoms with Crippen molar-refractivity contribution in [2.24, 2.45) is 11.8 Å². The van der Waals surface area contributed by atoms with Crippen LogP contribution in [-0.2, 0) is 9.59 Å². The second-order valence-corrected chi connectivity index (χ2v) is 3.85. The lowest BCUT2D eigenvalue weighted by Gasteiger charge is -2.33. The first-order valence-electron chi connectivity index (χ1n) is 4.64. The largest absolute Gasteiger partial charge is 0.481 e. The molecule has 1 rings (SSSR count). The van der Waals surface area contributed by atoms with Crippen LogP contribution in [0.25, 0.3) is 0 Å². The number of likely N-dealkylation sites (tertiary alicyclic amines) is 1. The van der Waals surface area contributed by atoms with Crippen LogP contribution in [0.1, 0.15) is 12.8 Å². The van der Waals surface area contributed by atoms with Crippen LogP contribution in [0.2, 0.25) is 0 Å². The summed E-state index contributed by atoms with van der Waals surface area (Å²) in [5.41, 5.74) is 0. The third-order valence-corrected chi connectivity index (χ3v) is 2.69. The topological polar surface area (TPSA) is 77.8 Å². The van der Waals surface area contributed by atoms with Gasteiger partial charge in [0.1, 0.15) is 0 Å². The monoisotopic (exact) mass is 201 g/mol. The average molecular weight is 201 g/mol. The molecule has 2 atom stereocenters. The van der Waals surface area contributed by atoms with Crippen LogP contribution >= 0.6 is 0 Å². The van der Waals surface area contributed by atoms with Gasteiger partial charge >= 0.3 is 11.9 Å². The van der Waals surface area contributed by atoms with Crippen LogP contribution in [0.5, 0.6) is 0 Å². The highest BCUT2D eigenvalue weighted by molar-refractivity contribution is 5.73. The maximum absolute atomic E-state index is 10.8. The molecule has 5 nitrogen and oxygen atoms in total. The van der Waals surface area contributed by atoms with Crippen LogP contribution in [0.3, 0.4) is 0 Å². The predicted molar refractivity (Wildman–Crippen MR) is 49.0 cm³/mol. The zero-order chi connectivity index (χ0) is 10.7. The Kier molecular flexibility index (Phi) is 3.46. The summed E-state index contributed by atoms with van der Waals surface area (Å²) in [7, 11) is 1.88. The van der Waals surface area contributed by atoms with E-state index >= 15 is 0 Å². The minimum Gasteiger partial charge on any atom is -0.481 e. The smallest absolute Gasteiger partial charge is 0.306 e. The average Bonchev–Trinajstić information content (AvgIpc) is 2.01. The number of carbonyl (C=O) groups is 2. The molecule has 0 bridgehead atoms. The van der Waals surface area contributed by atoms with Gasteiger partial charge in [0.05, 0.1) is 12.3 Å². The molecule has 1 aliphatic heterocycles. The lowest BCUT2D eigenvalue weighted by Crippen LogP contribution is -2.42. The predicted octanol–water partition coefficient (Wildman–Crippen LogP) is 0.114. The molecule has 1 heterocycles. The highest BCUT2D eigenvalue weighted by Gasteiger charge is 2.33. The molecule has 0 aromatic carbocycles. The second-order valence-electron chi connectivity index (χ2n) is 3.85. The second kappa shape index (κ2) is 4.41. The van der Waals surface area contributed by atoms with E-state index in [1.165, 1.54) is 0 Å². The molecule has 0 radical (unpaired) electrons. The van der Waals surface area contributed by atoms with Crippen molar-refractivity contribution in [3.05, 3.63) is 0 Å². The quantitative estimate of drug-likeness (QED) is 0.677. The minimum absolute atomic E-state index is 0.0543. The summed E-state index contributed by atoms with van der Waals surface area (Å²) < 4.78 is 0. The van der Waals surface area contributed by atoms with Crippen LogP contribution in [-0.4, -0.2) is 47.2 Å². The molecular weight excluding hydrogens is 186 g/mol. The van der Waals surface area contributed by atoms with E-state index in [0.29, 0.717) is 13.0 Å². The number of hydrogen-bond donors (Lipinski definition) is 2. The van der Waals surface area contributed by atoms with Gasteiger partial charge in [0.25, 0.3) is 0 Å². The van der Waals surface area contributed by atoms with Crippen LogP contribution < -0.4 is 0 Å². The number of carboxylic acids is 2. The lowest BCUT2D eigenvalue weighted by molar-refractivity contribution is -0.147. The van der Waals surface area contributed by atoms with Gasteiger partial charge in [-0.05, 0) is 25.9 Å². The summed E-state index contributed by atoms with van der Waals surface area (Å²) in [5.74, 6) is -2.55. The van der Waals surface area contributed by atoms with Gasteiger partial charge in [-0.1, -0.05) is 0 Å². The van der Waals surface area contributed by atoms with Gasteiger partial charge < -0.3 is 15.1 Å². The number of rotatable bonds is 3. The third kappa shape index (κ3) is 2.70. The molecule has 0 unspecified atom stereocenters. The molecule has 2 N–H and O–H groups in total. The molecule has 0 saturated carbocycles. The summed E-state index contributed by atoms with van der Waals surface area (Å²) in [5, 5.41) is 17.5. The molecule has 5 heteroatoms. The highest BCUT2D eigenvalue weighted by atomic mass is 16.4. The first-order chi connectivity index (χ1) is 6.50. The summed E-state index contributed by atoms with van der Waals surface area (Å²) in [6.07, 6.45) is 0.491. The molecule has 0 spiro atoms. The van der Waals surface area contributed by atoms with E-state index in [9.17, 15) is 9.59 Å². The molecule has 1 saturated heterocycles. The van der Waals surface area contributed by atoms with Crippen molar-refractivity contribution in [2.45, 2.75) is 12.8 Å². The number of carboxylic acid groups (broad SMARTS) is 2. The summed E-state index contributed by atoms with van der Waals surface area (Å²) in [4.78, 5) is 23.4. The van der Waals surface area contributed by atoms with Gasteiger partial charge in [-0.15, -0.1) is 0 Å². The molecule has 0 amide bonds. The fraction of sp³-hybridized carbons (Fsp3) is 0.778. The van der Waals surface area contributed by atoms with Gasteiger partial charge in [0.15, 0.2) is 0 Å². The first kappa shape index (κ1) is 11.0. The van der Waals surface area contributed by atoms with E-state index in [1.807, 2.05) is 11.9 Å². The van der Waals surface area contributed by atoms with E-state index in [0.717, 1.165) is 6.54 Å². The highest BCUT2D eigenvalue weighted by Crippen LogP contribution is 2.25. The number of piperidine rings is 1. The Bertz CT molecular complexity index is 241. The van der Waals surface area contributed by atoms with Gasteiger partial charge in [-0.2, -0.15) is 0 Å². The molecule has 0 aromatic rings. The van der Waals surface area contributed by atoms with Crippen molar-refractivity contribution in [1.29, 1.82) is 0 Å². The van der Waals surface area contributed by atoms with E-state index in [4.69, 9.17) is 10.2 Å².